The molecule has 0 spiro atoms. The molecule has 2 aromatic carbocycles. The second-order valence-electron chi connectivity index (χ2n) is 6.48. The molecule has 0 saturated heterocycles. The average molecular weight is 426 g/mol. The van der Waals surface area contributed by atoms with Gasteiger partial charge in [-0.2, -0.15) is 0 Å². The van der Waals surface area contributed by atoms with Crippen LogP contribution in [0.1, 0.15) is 27.3 Å². The summed E-state index contributed by atoms with van der Waals surface area (Å²) >= 11 is 1.29. The predicted octanol–water partition coefficient (Wildman–Crippen LogP) is 3.53. The molecule has 1 aromatic heterocycles. The van der Waals surface area contributed by atoms with Gasteiger partial charge >= 0.3 is 0 Å². The lowest BCUT2D eigenvalue weighted by Crippen LogP contribution is -2.41. The highest BCUT2D eigenvalue weighted by Crippen LogP contribution is 2.27. The van der Waals surface area contributed by atoms with E-state index in [1.54, 1.807) is 33.3 Å². The summed E-state index contributed by atoms with van der Waals surface area (Å²) in [6.07, 6.45) is 0.626. The van der Waals surface area contributed by atoms with Crippen molar-refractivity contribution in [3.05, 3.63) is 64.7 Å². The molecule has 2 amide bonds. The van der Waals surface area contributed by atoms with Gasteiger partial charge < -0.3 is 9.47 Å². The fourth-order valence-corrected chi connectivity index (χ4v) is 3.85. The molecule has 0 unspecified atom stereocenters. The number of rotatable bonds is 7. The maximum Gasteiger partial charge on any atom is 0.281 e. The third-order valence-electron chi connectivity index (χ3n) is 4.45. The largest absolute Gasteiger partial charge is 0.497 e. The Bertz CT molecular complexity index is 1030. The number of thiazole rings is 1. The monoisotopic (exact) mass is 425 g/mol. The van der Waals surface area contributed by atoms with E-state index in [-0.39, 0.29) is 18.2 Å². The molecule has 1 heterocycles. The van der Waals surface area contributed by atoms with E-state index in [2.05, 4.69) is 15.8 Å². The van der Waals surface area contributed by atoms with Crippen molar-refractivity contribution in [2.24, 2.45) is 0 Å². The Morgan fingerprint density at radius 1 is 1.03 bits per heavy atom. The molecule has 0 aliphatic heterocycles. The summed E-state index contributed by atoms with van der Waals surface area (Å²) in [4.78, 5) is 29.6. The first-order valence-electron chi connectivity index (χ1n) is 9.34. The fraction of sp³-hybridized carbons (Fsp3) is 0.227. The summed E-state index contributed by atoms with van der Waals surface area (Å²) in [5.74, 6) is 0.675. The normalized spacial score (nSPS) is 10.4. The quantitative estimate of drug-likeness (QED) is 0.565. The lowest BCUT2D eigenvalue weighted by Gasteiger charge is -2.11. The number of hydrogen-bond acceptors (Lipinski definition) is 6. The molecule has 0 saturated carbocycles. The Morgan fingerprint density at radius 3 is 2.50 bits per heavy atom. The van der Waals surface area contributed by atoms with E-state index in [4.69, 9.17) is 9.47 Å². The van der Waals surface area contributed by atoms with Gasteiger partial charge in [-0.25, -0.2) is 4.98 Å². The molecule has 0 fully saturated rings. The number of nitrogens with zero attached hydrogens (tertiary/aromatic N) is 1. The number of ether oxygens (including phenoxy) is 2. The molecule has 7 nitrogen and oxygen atoms in total. The van der Waals surface area contributed by atoms with Crippen LogP contribution in [0.25, 0.3) is 10.6 Å². The van der Waals surface area contributed by atoms with E-state index in [1.165, 1.54) is 11.3 Å². The van der Waals surface area contributed by atoms with Crippen LogP contribution >= 0.6 is 11.3 Å². The Labute approximate surface area is 179 Å². The molecule has 2 N–H and O–H groups in total. The summed E-state index contributed by atoms with van der Waals surface area (Å²) in [6.45, 7) is 1.77. The van der Waals surface area contributed by atoms with Crippen molar-refractivity contribution >= 4 is 23.2 Å². The number of aromatic nitrogens is 1. The van der Waals surface area contributed by atoms with Crippen LogP contribution in [0, 0.1) is 6.92 Å². The van der Waals surface area contributed by atoms with Crippen LogP contribution in [0.5, 0.6) is 11.5 Å². The molecule has 3 aromatic rings. The van der Waals surface area contributed by atoms with Crippen LogP contribution in [-0.2, 0) is 11.2 Å². The molecule has 8 heteroatoms. The van der Waals surface area contributed by atoms with E-state index in [0.29, 0.717) is 28.5 Å². The zero-order valence-corrected chi connectivity index (χ0v) is 17.8. The number of amides is 2. The fourth-order valence-electron chi connectivity index (χ4n) is 2.88. The number of aryl methyl sites for hydroxylation is 2. The van der Waals surface area contributed by atoms with Gasteiger partial charge in [0, 0.05) is 12.0 Å². The van der Waals surface area contributed by atoms with Gasteiger partial charge in [-0.1, -0.05) is 30.3 Å². The number of benzene rings is 2. The lowest BCUT2D eigenvalue weighted by atomic mass is 10.1. The maximum absolute atomic E-state index is 12.5. The number of hydrogen-bond donors (Lipinski definition) is 2. The van der Waals surface area contributed by atoms with Crippen molar-refractivity contribution in [1.29, 1.82) is 0 Å². The molecule has 30 heavy (non-hydrogen) atoms. The van der Waals surface area contributed by atoms with E-state index in [9.17, 15) is 9.59 Å². The van der Waals surface area contributed by atoms with Gasteiger partial charge in [-0.05, 0) is 37.1 Å². The zero-order chi connectivity index (χ0) is 21.5. The number of nitrogens with one attached hydrogen (secondary N) is 2. The highest BCUT2D eigenvalue weighted by molar-refractivity contribution is 7.17. The molecule has 0 aliphatic carbocycles. The van der Waals surface area contributed by atoms with Gasteiger partial charge in [0.1, 0.15) is 21.4 Å². The molecule has 0 radical (unpaired) electrons. The second kappa shape index (κ2) is 9.89. The van der Waals surface area contributed by atoms with Gasteiger partial charge in [0.05, 0.1) is 19.9 Å². The van der Waals surface area contributed by atoms with Crippen molar-refractivity contribution in [2.45, 2.75) is 19.8 Å². The van der Waals surface area contributed by atoms with E-state index >= 15 is 0 Å². The minimum atomic E-state index is -0.389. The lowest BCUT2D eigenvalue weighted by molar-refractivity contribution is -0.121. The van der Waals surface area contributed by atoms with Crippen LogP contribution in [0.4, 0.5) is 0 Å². The van der Waals surface area contributed by atoms with Crippen LogP contribution in [0.15, 0.2) is 48.5 Å². The topological polar surface area (TPSA) is 89.5 Å². The Morgan fingerprint density at radius 2 is 1.80 bits per heavy atom. The van der Waals surface area contributed by atoms with Gasteiger partial charge in [0.15, 0.2) is 0 Å². The van der Waals surface area contributed by atoms with Crippen molar-refractivity contribution < 1.29 is 19.1 Å². The van der Waals surface area contributed by atoms with Gasteiger partial charge in [-0.15, -0.1) is 11.3 Å². The van der Waals surface area contributed by atoms with Crippen molar-refractivity contribution in [3.63, 3.8) is 0 Å². The average Bonchev–Trinajstić information content (AvgIpc) is 3.18. The molecule has 0 aliphatic rings. The number of carbonyl (C=O) groups is 2. The highest BCUT2D eigenvalue weighted by atomic mass is 32.1. The Balaban J connectivity index is 1.57. The Hall–Kier alpha value is -3.39. The molecular formula is C22H23N3O4S. The first-order valence-corrected chi connectivity index (χ1v) is 10.2. The van der Waals surface area contributed by atoms with Crippen molar-refractivity contribution in [1.82, 2.24) is 15.8 Å². The minimum absolute atomic E-state index is 0.181. The van der Waals surface area contributed by atoms with Crippen LogP contribution in [0.3, 0.4) is 0 Å². The first kappa shape index (κ1) is 21.3. The summed E-state index contributed by atoms with van der Waals surface area (Å²) in [6, 6.07) is 15.1. The predicted molar refractivity (Wildman–Crippen MR) is 116 cm³/mol. The summed E-state index contributed by atoms with van der Waals surface area (Å²) in [5.41, 5.74) is 7.34. The molecular weight excluding hydrogens is 402 g/mol. The van der Waals surface area contributed by atoms with Crippen LogP contribution < -0.4 is 20.3 Å². The van der Waals surface area contributed by atoms with Crippen molar-refractivity contribution in [2.75, 3.05) is 14.2 Å². The van der Waals surface area contributed by atoms with E-state index < -0.39 is 0 Å². The number of methoxy groups -OCH3 is 2. The number of carbonyl (C=O) groups excluding carboxylic acids is 2. The summed E-state index contributed by atoms with van der Waals surface area (Å²) < 4.78 is 10.5. The van der Waals surface area contributed by atoms with Crippen LogP contribution in [-0.4, -0.2) is 31.0 Å². The minimum Gasteiger partial charge on any atom is -0.497 e. The molecule has 156 valence electrons. The third-order valence-corrected chi connectivity index (χ3v) is 5.65. The molecule has 0 bridgehead atoms. The number of hydrazine groups is 1. The SMILES string of the molecule is COc1ccc(OC)c(CCC(=O)NNC(=O)c2sc(-c3ccccc3)nc2C)c1. The zero-order valence-electron chi connectivity index (χ0n) is 17.0. The second-order valence-corrected chi connectivity index (χ2v) is 7.48. The van der Waals surface area contributed by atoms with Crippen LogP contribution in [0.2, 0.25) is 0 Å². The summed E-state index contributed by atoms with van der Waals surface area (Å²) in [7, 11) is 3.16. The molecule has 3 rings (SSSR count). The van der Waals surface area contributed by atoms with Gasteiger partial charge in [-0.3, -0.25) is 20.4 Å². The van der Waals surface area contributed by atoms with E-state index in [1.807, 2.05) is 36.4 Å². The van der Waals surface area contributed by atoms with E-state index in [0.717, 1.165) is 16.1 Å². The third kappa shape index (κ3) is 5.15. The Kier molecular flexibility index (Phi) is 7.03. The first-order chi connectivity index (χ1) is 14.5. The standard InChI is InChI=1S/C22H23N3O4S/c1-14-20(30-22(23-14)15-7-5-4-6-8-15)21(27)25-24-19(26)12-9-16-13-17(28-2)10-11-18(16)29-3/h4-8,10-11,13H,9,12H2,1-3H3,(H,24,26)(H,25,27). The smallest absolute Gasteiger partial charge is 0.281 e. The summed E-state index contributed by atoms with van der Waals surface area (Å²) in [5, 5.41) is 0.759. The highest BCUT2D eigenvalue weighted by Gasteiger charge is 2.17. The molecule has 0 atom stereocenters. The van der Waals surface area contributed by atoms with Gasteiger partial charge in [0.25, 0.3) is 5.91 Å². The van der Waals surface area contributed by atoms with Gasteiger partial charge in [0.2, 0.25) is 5.91 Å². The maximum atomic E-state index is 12.5. The van der Waals surface area contributed by atoms with Crippen molar-refractivity contribution in [3.8, 4) is 22.1 Å².